The van der Waals surface area contributed by atoms with Gasteiger partial charge in [0, 0.05) is 17.6 Å². The van der Waals surface area contributed by atoms with Gasteiger partial charge in [0.05, 0.1) is 0 Å². The van der Waals surface area contributed by atoms with E-state index in [0.717, 1.165) is 0 Å². The van der Waals surface area contributed by atoms with Crippen LogP contribution >= 0.6 is 15.9 Å². The highest BCUT2D eigenvalue weighted by Crippen LogP contribution is 2.39. The summed E-state index contributed by atoms with van der Waals surface area (Å²) < 4.78 is 0. The van der Waals surface area contributed by atoms with Crippen LogP contribution in [0.1, 0.15) is 40.5 Å². The molecule has 0 atom stereocenters. The third-order valence-corrected chi connectivity index (χ3v) is 4.16. The van der Waals surface area contributed by atoms with Gasteiger partial charge in [0.25, 0.3) is 5.91 Å². The normalized spacial score (nSPS) is 27.4. The Bertz CT molecular complexity index is 455. The number of carbonyl (C=O) groups is 2. The lowest BCUT2D eigenvalue weighted by Crippen LogP contribution is -2.68. The van der Waals surface area contributed by atoms with E-state index in [0.29, 0.717) is 19.4 Å². The summed E-state index contributed by atoms with van der Waals surface area (Å²) in [6.45, 7) is 8.56. The Balaban J connectivity index is 2.31. The molecule has 0 bridgehead atoms. The molecule has 0 radical (unpaired) electrons. The number of halogens is 1. The molecule has 2 heterocycles. The molecular formula is C14H22BrN3O2. The van der Waals surface area contributed by atoms with Gasteiger partial charge in [-0.3, -0.25) is 9.69 Å². The van der Waals surface area contributed by atoms with Crippen LogP contribution in [0.25, 0.3) is 0 Å². The van der Waals surface area contributed by atoms with Crippen LogP contribution in [0.4, 0.5) is 4.79 Å². The number of carbonyl (C=O) groups excluding carboxylic acids is 2. The maximum atomic E-state index is 12.7. The summed E-state index contributed by atoms with van der Waals surface area (Å²) in [5.74, 6) is -0.115. The van der Waals surface area contributed by atoms with E-state index >= 15 is 0 Å². The molecule has 0 aliphatic carbocycles. The van der Waals surface area contributed by atoms with Crippen LogP contribution in [0.3, 0.4) is 0 Å². The number of imide groups is 1. The minimum absolute atomic E-state index is 0.115. The molecule has 6 heteroatoms. The Morgan fingerprint density at radius 1 is 1.20 bits per heavy atom. The van der Waals surface area contributed by atoms with Gasteiger partial charge in [0.2, 0.25) is 0 Å². The first-order valence-electron chi connectivity index (χ1n) is 6.80. The average Bonchev–Trinajstić information content (AvgIpc) is 2.43. The van der Waals surface area contributed by atoms with Gasteiger partial charge in [-0.1, -0.05) is 22.0 Å². The number of urea groups is 1. The van der Waals surface area contributed by atoms with Crippen LogP contribution in [-0.4, -0.2) is 40.0 Å². The van der Waals surface area contributed by atoms with Gasteiger partial charge < -0.3 is 10.6 Å². The molecule has 2 N–H and O–H groups in total. The molecule has 2 aliphatic heterocycles. The molecule has 2 aliphatic rings. The molecular weight excluding hydrogens is 322 g/mol. The Labute approximate surface area is 128 Å². The van der Waals surface area contributed by atoms with Gasteiger partial charge in [0.15, 0.2) is 0 Å². The SMILES string of the molecule is CC1(C)CC2(CC(C)(C)N1)NC(=O)N(C/C=C/Br)C2=O. The Kier molecular flexibility index (Phi) is 3.75. The molecule has 2 fully saturated rings. The fourth-order valence-corrected chi connectivity index (χ4v) is 3.97. The topological polar surface area (TPSA) is 61.4 Å². The largest absolute Gasteiger partial charge is 0.325 e. The second-order valence-electron chi connectivity index (χ2n) is 7.04. The minimum atomic E-state index is -0.782. The van der Waals surface area contributed by atoms with Gasteiger partial charge in [-0.15, -0.1) is 0 Å². The molecule has 0 saturated carbocycles. The lowest BCUT2D eigenvalue weighted by molar-refractivity contribution is -0.134. The van der Waals surface area contributed by atoms with Gasteiger partial charge in [-0.05, 0) is 45.5 Å². The third-order valence-electron chi connectivity index (χ3n) is 3.79. The van der Waals surface area contributed by atoms with Crippen molar-refractivity contribution in [2.75, 3.05) is 6.54 Å². The number of hydrogen-bond donors (Lipinski definition) is 2. The van der Waals surface area contributed by atoms with E-state index in [1.807, 2.05) is 0 Å². The van der Waals surface area contributed by atoms with Crippen molar-refractivity contribution in [3.05, 3.63) is 11.1 Å². The summed E-state index contributed by atoms with van der Waals surface area (Å²) in [7, 11) is 0. The number of piperidine rings is 1. The first kappa shape index (κ1) is 15.5. The highest BCUT2D eigenvalue weighted by atomic mass is 79.9. The molecule has 0 unspecified atom stereocenters. The molecule has 0 aromatic rings. The second kappa shape index (κ2) is 4.84. The average molecular weight is 344 g/mol. The molecule has 3 amide bonds. The van der Waals surface area contributed by atoms with Crippen LogP contribution in [0.2, 0.25) is 0 Å². The smallest absolute Gasteiger partial charge is 0.323 e. The summed E-state index contributed by atoms with van der Waals surface area (Å²) >= 11 is 3.16. The van der Waals surface area contributed by atoms with Crippen molar-refractivity contribution >= 4 is 27.9 Å². The third kappa shape index (κ3) is 2.76. The van der Waals surface area contributed by atoms with Crippen LogP contribution in [0, 0.1) is 0 Å². The Morgan fingerprint density at radius 3 is 2.25 bits per heavy atom. The van der Waals surface area contributed by atoms with Crippen LogP contribution in [0.15, 0.2) is 11.1 Å². The predicted molar refractivity (Wildman–Crippen MR) is 81.6 cm³/mol. The molecule has 1 spiro atoms. The van der Waals surface area contributed by atoms with E-state index in [-0.39, 0.29) is 23.0 Å². The van der Waals surface area contributed by atoms with Crippen molar-refractivity contribution in [3.63, 3.8) is 0 Å². The molecule has 0 aromatic heterocycles. The fourth-order valence-electron chi connectivity index (χ4n) is 3.80. The summed E-state index contributed by atoms with van der Waals surface area (Å²) in [5.41, 5.74) is -1.19. The highest BCUT2D eigenvalue weighted by molar-refractivity contribution is 9.11. The van der Waals surface area contributed by atoms with Gasteiger partial charge in [-0.25, -0.2) is 4.79 Å². The zero-order valence-electron chi connectivity index (χ0n) is 12.4. The first-order chi connectivity index (χ1) is 9.11. The standard InChI is InChI=1S/C14H22BrN3O2/c1-12(2)8-14(9-13(3,4)17-12)10(19)18(7-5-6-15)11(20)16-14/h5-6,17H,7-9H2,1-4H3,(H,16,20)/b6-5+. The number of rotatable bonds is 2. The van der Waals surface area contributed by atoms with Crippen LogP contribution in [-0.2, 0) is 4.79 Å². The van der Waals surface area contributed by atoms with E-state index in [2.05, 4.69) is 54.3 Å². The second-order valence-corrected chi connectivity index (χ2v) is 7.56. The molecule has 2 saturated heterocycles. The number of amides is 3. The van der Waals surface area contributed by atoms with E-state index < -0.39 is 5.54 Å². The van der Waals surface area contributed by atoms with Crippen molar-refractivity contribution in [2.24, 2.45) is 0 Å². The first-order valence-corrected chi connectivity index (χ1v) is 7.71. The van der Waals surface area contributed by atoms with E-state index in [1.54, 1.807) is 11.1 Å². The Hall–Kier alpha value is -0.880. The van der Waals surface area contributed by atoms with Crippen molar-refractivity contribution in [1.82, 2.24) is 15.5 Å². The zero-order valence-corrected chi connectivity index (χ0v) is 14.0. The van der Waals surface area contributed by atoms with Gasteiger partial charge in [0.1, 0.15) is 5.54 Å². The Morgan fingerprint density at radius 2 is 1.75 bits per heavy atom. The lowest BCUT2D eigenvalue weighted by Gasteiger charge is -2.50. The molecule has 0 aromatic carbocycles. The van der Waals surface area contributed by atoms with E-state index in [1.165, 1.54) is 4.90 Å². The van der Waals surface area contributed by atoms with Gasteiger partial charge >= 0.3 is 6.03 Å². The lowest BCUT2D eigenvalue weighted by atomic mass is 9.71. The summed E-state index contributed by atoms with van der Waals surface area (Å²) in [6, 6.07) is -0.297. The maximum Gasteiger partial charge on any atom is 0.325 e. The van der Waals surface area contributed by atoms with Crippen molar-refractivity contribution < 1.29 is 9.59 Å². The van der Waals surface area contributed by atoms with Crippen molar-refractivity contribution in [3.8, 4) is 0 Å². The van der Waals surface area contributed by atoms with Crippen molar-refractivity contribution in [2.45, 2.75) is 57.2 Å². The zero-order chi connectivity index (χ0) is 15.2. The molecule has 2 rings (SSSR count). The van der Waals surface area contributed by atoms with E-state index in [4.69, 9.17) is 0 Å². The minimum Gasteiger partial charge on any atom is -0.323 e. The molecule has 20 heavy (non-hydrogen) atoms. The highest BCUT2D eigenvalue weighted by Gasteiger charge is 2.58. The molecule has 5 nitrogen and oxygen atoms in total. The summed E-state index contributed by atoms with van der Waals surface area (Å²) in [4.78, 5) is 27.8. The van der Waals surface area contributed by atoms with Crippen LogP contribution < -0.4 is 10.6 Å². The summed E-state index contributed by atoms with van der Waals surface area (Å²) in [5, 5.41) is 6.47. The summed E-state index contributed by atoms with van der Waals surface area (Å²) in [6.07, 6.45) is 2.94. The predicted octanol–water partition coefficient (Wildman–Crippen LogP) is 2.13. The van der Waals surface area contributed by atoms with Crippen molar-refractivity contribution in [1.29, 1.82) is 0 Å². The number of hydrogen-bond acceptors (Lipinski definition) is 3. The number of nitrogens with zero attached hydrogens (tertiary/aromatic N) is 1. The maximum absolute atomic E-state index is 12.7. The van der Waals surface area contributed by atoms with Crippen LogP contribution in [0.5, 0.6) is 0 Å². The number of nitrogens with one attached hydrogen (secondary N) is 2. The van der Waals surface area contributed by atoms with Gasteiger partial charge in [-0.2, -0.15) is 0 Å². The molecule has 112 valence electrons. The monoisotopic (exact) mass is 343 g/mol. The fraction of sp³-hybridized carbons (Fsp3) is 0.714. The quantitative estimate of drug-likeness (QED) is 0.755. The van der Waals surface area contributed by atoms with E-state index in [9.17, 15) is 9.59 Å².